The first-order chi connectivity index (χ1) is 10.7. The quantitative estimate of drug-likeness (QED) is 0.911. The second-order valence-corrected chi connectivity index (χ2v) is 7.03. The molecule has 1 N–H and O–H groups in total. The van der Waals surface area contributed by atoms with E-state index in [9.17, 15) is 4.79 Å². The minimum Gasteiger partial charge on any atom is -0.339 e. The van der Waals surface area contributed by atoms with Crippen molar-refractivity contribution in [2.75, 3.05) is 20.1 Å². The van der Waals surface area contributed by atoms with Crippen LogP contribution in [0.4, 0.5) is 0 Å². The highest BCUT2D eigenvalue weighted by molar-refractivity contribution is 5.85. The molecule has 1 aliphatic carbocycles. The van der Waals surface area contributed by atoms with E-state index in [-0.39, 0.29) is 18.4 Å². The molecule has 0 bridgehead atoms. The number of benzene rings is 1. The average Bonchev–Trinajstić information content (AvgIpc) is 2.99. The molecule has 1 aromatic rings. The van der Waals surface area contributed by atoms with Crippen molar-refractivity contribution in [3.05, 3.63) is 35.4 Å². The largest absolute Gasteiger partial charge is 0.339 e. The van der Waals surface area contributed by atoms with Gasteiger partial charge >= 0.3 is 0 Å². The Labute approximate surface area is 146 Å². The molecule has 1 saturated heterocycles. The van der Waals surface area contributed by atoms with Gasteiger partial charge in [0.15, 0.2) is 0 Å². The highest BCUT2D eigenvalue weighted by Crippen LogP contribution is 2.35. The molecule has 0 saturated carbocycles. The molecule has 3 nitrogen and oxygen atoms in total. The monoisotopic (exact) mass is 336 g/mol. The highest BCUT2D eigenvalue weighted by Gasteiger charge is 2.30. The van der Waals surface area contributed by atoms with Gasteiger partial charge in [-0.1, -0.05) is 31.2 Å². The number of fused-ring (bicyclic) bond motifs is 1. The van der Waals surface area contributed by atoms with Gasteiger partial charge < -0.3 is 10.2 Å². The topological polar surface area (TPSA) is 32.3 Å². The zero-order valence-corrected chi connectivity index (χ0v) is 15.1. The fourth-order valence-corrected chi connectivity index (χ4v) is 4.11. The second kappa shape index (κ2) is 8.16. The number of amides is 1. The number of hydrogen-bond acceptors (Lipinski definition) is 2. The average molecular weight is 337 g/mol. The summed E-state index contributed by atoms with van der Waals surface area (Å²) in [6, 6.07) is 8.86. The summed E-state index contributed by atoms with van der Waals surface area (Å²) in [6.45, 7) is 4.47. The van der Waals surface area contributed by atoms with Crippen molar-refractivity contribution in [3.63, 3.8) is 0 Å². The normalized spacial score (nSPS) is 22.1. The van der Waals surface area contributed by atoms with Gasteiger partial charge in [-0.3, -0.25) is 4.79 Å². The third-order valence-corrected chi connectivity index (χ3v) is 5.65. The lowest BCUT2D eigenvalue weighted by atomic mass is 9.84. The Balaban J connectivity index is 0.00000192. The number of halogens is 1. The van der Waals surface area contributed by atoms with Crippen molar-refractivity contribution in [2.45, 2.75) is 45.1 Å². The van der Waals surface area contributed by atoms with E-state index in [0.29, 0.717) is 24.2 Å². The highest BCUT2D eigenvalue weighted by atomic mass is 35.5. The van der Waals surface area contributed by atoms with Gasteiger partial charge in [0, 0.05) is 13.5 Å². The molecule has 2 unspecified atom stereocenters. The van der Waals surface area contributed by atoms with Crippen molar-refractivity contribution in [1.29, 1.82) is 0 Å². The third kappa shape index (κ3) is 4.07. The van der Waals surface area contributed by atoms with Gasteiger partial charge in [-0.2, -0.15) is 0 Å². The van der Waals surface area contributed by atoms with Crippen LogP contribution in [0.3, 0.4) is 0 Å². The SMILES string of the molecule is CC(CC(=O)N(C)C1CCc2ccccc21)C1CCNCC1.Cl. The van der Waals surface area contributed by atoms with Crippen LogP contribution < -0.4 is 5.32 Å². The summed E-state index contributed by atoms with van der Waals surface area (Å²) in [7, 11) is 1.99. The lowest BCUT2D eigenvalue weighted by molar-refractivity contribution is -0.133. The van der Waals surface area contributed by atoms with E-state index in [0.717, 1.165) is 25.9 Å². The molecule has 128 valence electrons. The van der Waals surface area contributed by atoms with Crippen molar-refractivity contribution in [3.8, 4) is 0 Å². The van der Waals surface area contributed by atoms with Gasteiger partial charge in [-0.25, -0.2) is 0 Å². The first-order valence-corrected chi connectivity index (χ1v) is 8.71. The van der Waals surface area contributed by atoms with Gasteiger partial charge in [0.05, 0.1) is 6.04 Å². The molecule has 2 aliphatic rings. The number of carbonyl (C=O) groups excluding carboxylic acids is 1. The molecule has 1 heterocycles. The number of hydrogen-bond donors (Lipinski definition) is 1. The number of rotatable bonds is 4. The molecular weight excluding hydrogens is 308 g/mol. The summed E-state index contributed by atoms with van der Waals surface area (Å²) >= 11 is 0. The van der Waals surface area contributed by atoms with E-state index in [1.54, 1.807) is 0 Å². The Morgan fingerprint density at radius 1 is 1.26 bits per heavy atom. The molecule has 1 aliphatic heterocycles. The Morgan fingerprint density at radius 3 is 2.70 bits per heavy atom. The Kier molecular flexibility index (Phi) is 6.49. The van der Waals surface area contributed by atoms with E-state index in [1.165, 1.54) is 24.0 Å². The molecule has 0 aromatic heterocycles. The van der Waals surface area contributed by atoms with E-state index in [1.807, 2.05) is 11.9 Å². The molecule has 0 spiro atoms. The Morgan fingerprint density at radius 2 is 1.96 bits per heavy atom. The molecule has 1 fully saturated rings. The lowest BCUT2D eigenvalue weighted by Crippen LogP contribution is -2.35. The van der Waals surface area contributed by atoms with Crippen LogP contribution in [0.25, 0.3) is 0 Å². The van der Waals surface area contributed by atoms with Gasteiger partial charge in [0.1, 0.15) is 0 Å². The number of aryl methyl sites for hydroxylation is 1. The molecule has 1 amide bonds. The van der Waals surface area contributed by atoms with Crippen LogP contribution in [0.15, 0.2) is 24.3 Å². The van der Waals surface area contributed by atoms with Crippen LogP contribution in [0.2, 0.25) is 0 Å². The molecule has 4 heteroatoms. The molecule has 2 atom stereocenters. The Bertz CT molecular complexity index is 528. The van der Waals surface area contributed by atoms with Crippen LogP contribution in [0.1, 0.15) is 49.8 Å². The van der Waals surface area contributed by atoms with E-state index in [4.69, 9.17) is 0 Å². The maximum atomic E-state index is 12.7. The predicted octanol–water partition coefficient (Wildman–Crippen LogP) is 3.58. The molecule has 1 aromatic carbocycles. The van der Waals surface area contributed by atoms with Gasteiger partial charge in [-0.15, -0.1) is 12.4 Å². The summed E-state index contributed by atoms with van der Waals surface area (Å²) < 4.78 is 0. The van der Waals surface area contributed by atoms with Crippen LogP contribution in [0.5, 0.6) is 0 Å². The molecule has 23 heavy (non-hydrogen) atoms. The molecule has 3 rings (SSSR count). The smallest absolute Gasteiger partial charge is 0.223 e. The van der Waals surface area contributed by atoms with Gasteiger partial charge in [-0.05, 0) is 61.7 Å². The van der Waals surface area contributed by atoms with Crippen LogP contribution in [0, 0.1) is 11.8 Å². The Hall–Kier alpha value is -1.06. The van der Waals surface area contributed by atoms with Gasteiger partial charge in [0.25, 0.3) is 0 Å². The van der Waals surface area contributed by atoms with Crippen molar-refractivity contribution >= 4 is 18.3 Å². The summed E-state index contributed by atoms with van der Waals surface area (Å²) in [5.41, 5.74) is 2.77. The van der Waals surface area contributed by atoms with E-state index in [2.05, 4.69) is 36.5 Å². The zero-order valence-electron chi connectivity index (χ0n) is 14.3. The third-order valence-electron chi connectivity index (χ3n) is 5.65. The lowest BCUT2D eigenvalue weighted by Gasteiger charge is -2.31. The standard InChI is InChI=1S/C19H28N2O.ClH/c1-14(15-9-11-20-12-10-15)13-19(22)21(2)18-8-7-16-5-3-4-6-17(16)18;/h3-6,14-15,18,20H,7-13H2,1-2H3;1H. The fourth-order valence-electron chi connectivity index (χ4n) is 4.11. The van der Waals surface area contributed by atoms with Crippen molar-refractivity contribution in [1.82, 2.24) is 10.2 Å². The minimum atomic E-state index is 0. The van der Waals surface area contributed by atoms with E-state index < -0.39 is 0 Å². The number of nitrogens with zero attached hydrogens (tertiary/aromatic N) is 1. The maximum Gasteiger partial charge on any atom is 0.223 e. The fraction of sp³-hybridized carbons (Fsp3) is 0.632. The maximum absolute atomic E-state index is 12.7. The first kappa shape index (κ1) is 18.3. The summed E-state index contributed by atoms with van der Waals surface area (Å²) in [4.78, 5) is 14.7. The van der Waals surface area contributed by atoms with Crippen LogP contribution in [-0.4, -0.2) is 30.9 Å². The molecular formula is C19H29ClN2O. The molecule has 0 radical (unpaired) electrons. The van der Waals surface area contributed by atoms with Crippen LogP contribution in [-0.2, 0) is 11.2 Å². The van der Waals surface area contributed by atoms with E-state index >= 15 is 0 Å². The van der Waals surface area contributed by atoms with Crippen molar-refractivity contribution < 1.29 is 4.79 Å². The summed E-state index contributed by atoms with van der Waals surface area (Å²) in [5.74, 6) is 1.51. The van der Waals surface area contributed by atoms with Crippen molar-refractivity contribution in [2.24, 2.45) is 11.8 Å². The first-order valence-electron chi connectivity index (χ1n) is 8.71. The number of carbonyl (C=O) groups is 1. The van der Waals surface area contributed by atoms with Gasteiger partial charge in [0.2, 0.25) is 5.91 Å². The predicted molar refractivity (Wildman–Crippen MR) is 96.9 cm³/mol. The second-order valence-electron chi connectivity index (χ2n) is 7.03. The zero-order chi connectivity index (χ0) is 15.5. The number of piperidine rings is 1. The van der Waals surface area contributed by atoms with Crippen LogP contribution >= 0.6 is 12.4 Å². The minimum absolute atomic E-state index is 0. The number of nitrogens with one attached hydrogen (secondary N) is 1. The summed E-state index contributed by atoms with van der Waals surface area (Å²) in [5, 5.41) is 3.41. The summed E-state index contributed by atoms with van der Waals surface area (Å²) in [6.07, 6.45) is 5.29.